The van der Waals surface area contributed by atoms with Gasteiger partial charge in [-0.1, -0.05) is 6.92 Å². The molecule has 1 unspecified atom stereocenters. The number of hydrogen-bond acceptors (Lipinski definition) is 4. The molecule has 1 aliphatic heterocycles. The van der Waals surface area contributed by atoms with E-state index >= 15 is 0 Å². The third-order valence-electron chi connectivity index (χ3n) is 3.46. The van der Waals surface area contributed by atoms with Crippen molar-refractivity contribution in [1.29, 1.82) is 0 Å². The Hall–Kier alpha value is -0.700. The third kappa shape index (κ3) is 5.06. The molecule has 0 saturated carbocycles. The lowest BCUT2D eigenvalue weighted by atomic mass is 10.2. The Balaban J connectivity index is 2.43. The molecule has 2 N–H and O–H groups in total. The van der Waals surface area contributed by atoms with Crippen LogP contribution in [0.5, 0.6) is 0 Å². The fraction of sp³-hybridized carbons (Fsp3) is 0.909. The van der Waals surface area contributed by atoms with Crippen LogP contribution in [0.3, 0.4) is 0 Å². The summed E-state index contributed by atoms with van der Waals surface area (Å²) in [5.74, 6) is -1.00. The van der Waals surface area contributed by atoms with Gasteiger partial charge in [-0.15, -0.1) is 0 Å². The summed E-state index contributed by atoms with van der Waals surface area (Å²) in [6, 6.07) is 0.243. The van der Waals surface area contributed by atoms with Crippen molar-refractivity contribution in [2.75, 3.05) is 33.2 Å². The fourth-order valence-corrected chi connectivity index (χ4v) is 3.18. The molecule has 8 heteroatoms. The van der Waals surface area contributed by atoms with Gasteiger partial charge in [0.25, 0.3) is 10.2 Å². The van der Waals surface area contributed by atoms with Crippen molar-refractivity contribution in [2.24, 2.45) is 0 Å². The van der Waals surface area contributed by atoms with Gasteiger partial charge in [0.15, 0.2) is 0 Å². The Morgan fingerprint density at radius 3 is 2.79 bits per heavy atom. The summed E-state index contributed by atoms with van der Waals surface area (Å²) in [6.45, 7) is 4.35. The van der Waals surface area contributed by atoms with E-state index in [9.17, 15) is 13.2 Å². The van der Waals surface area contributed by atoms with Crippen molar-refractivity contribution in [2.45, 2.75) is 32.2 Å². The summed E-state index contributed by atoms with van der Waals surface area (Å²) in [5.41, 5.74) is 0. The second-order valence-corrected chi connectivity index (χ2v) is 6.61. The van der Waals surface area contributed by atoms with Crippen LogP contribution in [0.1, 0.15) is 26.2 Å². The van der Waals surface area contributed by atoms with Crippen LogP contribution in [0.25, 0.3) is 0 Å². The first kappa shape index (κ1) is 16.4. The van der Waals surface area contributed by atoms with Gasteiger partial charge in [-0.2, -0.15) is 12.7 Å². The molecule has 0 bridgehead atoms. The minimum atomic E-state index is -3.58. The van der Waals surface area contributed by atoms with Crippen LogP contribution in [0.2, 0.25) is 0 Å². The maximum atomic E-state index is 11.9. The van der Waals surface area contributed by atoms with E-state index in [-0.39, 0.29) is 19.0 Å². The summed E-state index contributed by atoms with van der Waals surface area (Å²) in [4.78, 5) is 12.7. The number of likely N-dealkylation sites (tertiary alicyclic amines) is 1. The second kappa shape index (κ2) is 7.18. The molecule has 0 aromatic carbocycles. The number of carbonyl (C=O) groups is 1. The molecule has 1 aliphatic rings. The number of carboxylic acid groups (broad SMARTS) is 1. The van der Waals surface area contributed by atoms with E-state index in [1.165, 1.54) is 7.05 Å². The number of hydrogen-bond donors (Lipinski definition) is 2. The van der Waals surface area contributed by atoms with Gasteiger partial charge in [0.2, 0.25) is 0 Å². The van der Waals surface area contributed by atoms with Crippen molar-refractivity contribution in [1.82, 2.24) is 13.9 Å². The molecular weight excluding hydrogens is 270 g/mol. The summed E-state index contributed by atoms with van der Waals surface area (Å²) >= 11 is 0. The quantitative estimate of drug-likeness (QED) is 0.642. The Bertz CT molecular complexity index is 399. The average Bonchev–Trinajstić information content (AvgIpc) is 2.80. The molecule has 1 heterocycles. The maximum absolute atomic E-state index is 11.9. The van der Waals surface area contributed by atoms with Gasteiger partial charge in [-0.25, -0.2) is 4.72 Å². The van der Waals surface area contributed by atoms with Gasteiger partial charge >= 0.3 is 5.97 Å². The lowest BCUT2D eigenvalue weighted by molar-refractivity contribution is -0.137. The van der Waals surface area contributed by atoms with E-state index in [2.05, 4.69) is 16.5 Å². The van der Waals surface area contributed by atoms with Crippen LogP contribution in [-0.4, -0.2) is 68.0 Å². The van der Waals surface area contributed by atoms with Gasteiger partial charge in [0.1, 0.15) is 0 Å². The highest BCUT2D eigenvalue weighted by molar-refractivity contribution is 7.87. The topological polar surface area (TPSA) is 90.0 Å². The molecule has 0 aliphatic carbocycles. The SMILES string of the molecule is CCN1CCCC1CNS(=O)(=O)N(C)CCC(=O)O. The molecule has 1 rings (SSSR count). The number of likely N-dealkylation sites (N-methyl/N-ethyl adjacent to an activating group) is 1. The molecule has 112 valence electrons. The molecule has 0 amide bonds. The van der Waals surface area contributed by atoms with E-state index in [4.69, 9.17) is 5.11 Å². The molecular formula is C11H23N3O4S. The molecule has 0 aromatic rings. The van der Waals surface area contributed by atoms with Gasteiger partial charge in [0.05, 0.1) is 6.42 Å². The summed E-state index contributed by atoms with van der Waals surface area (Å²) in [5, 5.41) is 8.55. The highest BCUT2D eigenvalue weighted by Gasteiger charge is 2.26. The lowest BCUT2D eigenvalue weighted by Gasteiger charge is -2.24. The minimum absolute atomic E-state index is 0.0210. The predicted octanol–water partition coefficient (Wildman–Crippen LogP) is -0.288. The standard InChI is InChI=1S/C11H23N3O4S/c1-3-14-7-4-5-10(14)9-12-19(17,18)13(2)8-6-11(15)16/h10,12H,3-9H2,1-2H3,(H,15,16). The Kier molecular flexibility index (Phi) is 6.18. The molecule has 1 fully saturated rings. The van der Waals surface area contributed by atoms with Crippen molar-refractivity contribution >= 4 is 16.2 Å². The molecule has 7 nitrogen and oxygen atoms in total. The van der Waals surface area contributed by atoms with E-state index in [0.29, 0.717) is 6.54 Å². The van der Waals surface area contributed by atoms with Crippen LogP contribution >= 0.6 is 0 Å². The molecule has 1 saturated heterocycles. The highest BCUT2D eigenvalue weighted by Crippen LogP contribution is 2.15. The zero-order valence-corrected chi connectivity index (χ0v) is 12.3. The van der Waals surface area contributed by atoms with Gasteiger partial charge < -0.3 is 5.11 Å². The van der Waals surface area contributed by atoms with Gasteiger partial charge in [-0.05, 0) is 25.9 Å². The van der Waals surface area contributed by atoms with E-state index in [1.807, 2.05) is 0 Å². The van der Waals surface area contributed by atoms with Crippen LogP contribution in [0.15, 0.2) is 0 Å². The summed E-state index contributed by atoms with van der Waals surface area (Å²) in [7, 11) is -2.20. The number of nitrogens with zero attached hydrogens (tertiary/aromatic N) is 2. The average molecular weight is 293 g/mol. The van der Waals surface area contributed by atoms with Crippen LogP contribution in [0, 0.1) is 0 Å². The van der Waals surface area contributed by atoms with Crippen LogP contribution < -0.4 is 4.72 Å². The predicted molar refractivity (Wildman–Crippen MR) is 72.1 cm³/mol. The van der Waals surface area contributed by atoms with E-state index < -0.39 is 16.2 Å². The first-order chi connectivity index (χ1) is 8.86. The Morgan fingerprint density at radius 1 is 1.53 bits per heavy atom. The highest BCUT2D eigenvalue weighted by atomic mass is 32.2. The first-order valence-corrected chi connectivity index (χ1v) is 7.97. The second-order valence-electron chi connectivity index (χ2n) is 4.74. The van der Waals surface area contributed by atoms with E-state index in [0.717, 1.165) is 30.2 Å². The van der Waals surface area contributed by atoms with Crippen LogP contribution in [0.4, 0.5) is 0 Å². The lowest BCUT2D eigenvalue weighted by Crippen LogP contribution is -2.45. The third-order valence-corrected chi connectivity index (χ3v) is 4.99. The first-order valence-electron chi connectivity index (χ1n) is 6.53. The zero-order chi connectivity index (χ0) is 14.5. The van der Waals surface area contributed by atoms with Crippen molar-refractivity contribution < 1.29 is 18.3 Å². The molecule has 0 aromatic heterocycles. The largest absolute Gasteiger partial charge is 0.481 e. The Labute approximate surface area is 114 Å². The summed E-state index contributed by atoms with van der Waals surface area (Å²) < 4.78 is 27.4. The summed E-state index contributed by atoms with van der Waals surface area (Å²) in [6.07, 6.45) is 1.90. The van der Waals surface area contributed by atoms with Crippen molar-refractivity contribution in [3.8, 4) is 0 Å². The number of aliphatic carboxylic acids is 1. The molecule has 19 heavy (non-hydrogen) atoms. The number of nitrogens with one attached hydrogen (secondary N) is 1. The molecule has 0 radical (unpaired) electrons. The number of carboxylic acids is 1. The number of rotatable bonds is 8. The van der Waals surface area contributed by atoms with Crippen molar-refractivity contribution in [3.63, 3.8) is 0 Å². The molecule has 1 atom stereocenters. The van der Waals surface area contributed by atoms with Crippen molar-refractivity contribution in [3.05, 3.63) is 0 Å². The fourth-order valence-electron chi connectivity index (χ4n) is 2.23. The van der Waals surface area contributed by atoms with Gasteiger partial charge in [0, 0.05) is 26.2 Å². The zero-order valence-electron chi connectivity index (χ0n) is 11.5. The van der Waals surface area contributed by atoms with Gasteiger partial charge in [-0.3, -0.25) is 9.69 Å². The normalized spacial score (nSPS) is 21.1. The Morgan fingerprint density at radius 2 is 2.21 bits per heavy atom. The smallest absolute Gasteiger partial charge is 0.304 e. The molecule has 0 spiro atoms. The minimum Gasteiger partial charge on any atom is -0.481 e. The van der Waals surface area contributed by atoms with E-state index in [1.54, 1.807) is 0 Å². The van der Waals surface area contributed by atoms with Crippen LogP contribution in [-0.2, 0) is 15.0 Å². The maximum Gasteiger partial charge on any atom is 0.304 e. The monoisotopic (exact) mass is 293 g/mol.